The first kappa shape index (κ1) is 15.5. The van der Waals surface area contributed by atoms with E-state index in [-0.39, 0.29) is 11.9 Å². The summed E-state index contributed by atoms with van der Waals surface area (Å²) < 4.78 is 5.12. The van der Waals surface area contributed by atoms with Gasteiger partial charge in [0.1, 0.15) is 5.03 Å². The highest BCUT2D eigenvalue weighted by Crippen LogP contribution is 2.27. The lowest BCUT2D eigenvalue weighted by Crippen LogP contribution is -2.31. The molecule has 0 saturated heterocycles. The van der Waals surface area contributed by atoms with Gasteiger partial charge in [-0.3, -0.25) is 4.79 Å². The van der Waals surface area contributed by atoms with Gasteiger partial charge in [-0.2, -0.15) is 4.98 Å². The van der Waals surface area contributed by atoms with Crippen LogP contribution in [0.25, 0.3) is 11.4 Å². The Hall–Kier alpha value is -1.89. The maximum atomic E-state index is 11.7. The topological polar surface area (TPSA) is 80.9 Å². The molecular formula is C14H18N4O2S. The van der Waals surface area contributed by atoms with Crippen LogP contribution in [0.15, 0.2) is 27.9 Å². The maximum absolute atomic E-state index is 11.7. The number of amides is 1. The molecule has 0 aliphatic carbocycles. The molecule has 7 heteroatoms. The van der Waals surface area contributed by atoms with Crippen LogP contribution >= 0.6 is 11.8 Å². The van der Waals surface area contributed by atoms with E-state index in [1.54, 1.807) is 6.20 Å². The number of thioether (sulfide) groups is 1. The zero-order valence-corrected chi connectivity index (χ0v) is 13.1. The Kier molecular flexibility index (Phi) is 5.32. The Bertz CT molecular complexity index is 613. The number of carbonyl (C=O) groups is 1. The summed E-state index contributed by atoms with van der Waals surface area (Å²) >= 11 is 1.36. The van der Waals surface area contributed by atoms with Crippen molar-refractivity contribution in [3.05, 3.63) is 24.2 Å². The van der Waals surface area contributed by atoms with Gasteiger partial charge in [-0.15, -0.1) is 0 Å². The third-order valence-corrected chi connectivity index (χ3v) is 3.58. The predicted octanol–water partition coefficient (Wildman–Crippen LogP) is 2.31. The molecule has 0 saturated carbocycles. The summed E-state index contributed by atoms with van der Waals surface area (Å²) in [4.78, 5) is 20.3. The third-order valence-electron chi connectivity index (χ3n) is 2.57. The highest BCUT2D eigenvalue weighted by Gasteiger charge is 2.14. The monoisotopic (exact) mass is 306 g/mol. The van der Waals surface area contributed by atoms with E-state index in [1.807, 2.05) is 32.9 Å². The molecule has 0 aromatic carbocycles. The smallest absolute Gasteiger partial charge is 0.230 e. The summed E-state index contributed by atoms with van der Waals surface area (Å²) in [7, 11) is 0. The van der Waals surface area contributed by atoms with Crippen molar-refractivity contribution < 1.29 is 9.32 Å². The zero-order chi connectivity index (χ0) is 15.2. The second-order valence-electron chi connectivity index (χ2n) is 4.73. The molecule has 1 amide bonds. The zero-order valence-electron chi connectivity index (χ0n) is 12.3. The van der Waals surface area contributed by atoms with Crippen LogP contribution in [0.1, 0.15) is 26.7 Å². The molecule has 2 aromatic heterocycles. The van der Waals surface area contributed by atoms with Crippen LogP contribution in [-0.2, 0) is 11.2 Å². The number of hydrogen-bond donors (Lipinski definition) is 1. The molecule has 2 rings (SSSR count). The molecule has 0 atom stereocenters. The number of rotatable bonds is 6. The van der Waals surface area contributed by atoms with Crippen LogP contribution in [-0.4, -0.2) is 32.8 Å². The Labute approximate surface area is 127 Å². The van der Waals surface area contributed by atoms with Crippen molar-refractivity contribution in [2.45, 2.75) is 38.3 Å². The van der Waals surface area contributed by atoms with Crippen molar-refractivity contribution >= 4 is 17.7 Å². The standard InChI is InChI=1S/C14H18N4O2S/c1-4-12-17-13(18-20-12)10-6-5-7-15-14(10)21-8-11(19)16-9(2)3/h5-7,9H,4,8H2,1-3H3,(H,16,19). The second-order valence-corrected chi connectivity index (χ2v) is 5.70. The van der Waals surface area contributed by atoms with Gasteiger partial charge in [0.2, 0.25) is 17.6 Å². The van der Waals surface area contributed by atoms with Crippen molar-refractivity contribution in [3.8, 4) is 11.4 Å². The molecule has 2 heterocycles. The Morgan fingerprint density at radius 1 is 1.48 bits per heavy atom. The van der Waals surface area contributed by atoms with Gasteiger partial charge >= 0.3 is 0 Å². The van der Waals surface area contributed by atoms with Crippen molar-refractivity contribution in [2.24, 2.45) is 0 Å². The molecule has 6 nitrogen and oxygen atoms in total. The second kappa shape index (κ2) is 7.21. The average Bonchev–Trinajstić information content (AvgIpc) is 2.93. The molecular weight excluding hydrogens is 288 g/mol. The Morgan fingerprint density at radius 2 is 2.29 bits per heavy atom. The Morgan fingerprint density at radius 3 is 2.95 bits per heavy atom. The lowest BCUT2D eigenvalue weighted by molar-refractivity contribution is -0.119. The predicted molar refractivity (Wildman–Crippen MR) is 80.9 cm³/mol. The lowest BCUT2D eigenvalue weighted by Gasteiger charge is -2.08. The molecule has 0 spiro atoms. The molecule has 0 radical (unpaired) electrons. The van der Waals surface area contributed by atoms with Gasteiger partial charge in [-0.25, -0.2) is 4.98 Å². The molecule has 0 aliphatic rings. The summed E-state index contributed by atoms with van der Waals surface area (Å²) in [6, 6.07) is 3.82. The molecule has 0 fully saturated rings. The van der Waals surface area contributed by atoms with E-state index < -0.39 is 0 Å². The van der Waals surface area contributed by atoms with Gasteiger partial charge in [0, 0.05) is 18.7 Å². The molecule has 21 heavy (non-hydrogen) atoms. The first-order chi connectivity index (χ1) is 10.1. The normalized spacial score (nSPS) is 10.9. The van der Waals surface area contributed by atoms with E-state index in [2.05, 4.69) is 20.4 Å². The van der Waals surface area contributed by atoms with Crippen LogP contribution in [0.4, 0.5) is 0 Å². The summed E-state index contributed by atoms with van der Waals surface area (Å²) in [6.07, 6.45) is 2.37. The number of hydrogen-bond acceptors (Lipinski definition) is 6. The van der Waals surface area contributed by atoms with Gasteiger partial charge < -0.3 is 9.84 Å². The first-order valence-electron chi connectivity index (χ1n) is 6.80. The van der Waals surface area contributed by atoms with E-state index in [1.165, 1.54) is 11.8 Å². The minimum absolute atomic E-state index is 0.0195. The highest BCUT2D eigenvalue weighted by molar-refractivity contribution is 8.00. The van der Waals surface area contributed by atoms with Crippen LogP contribution in [0.2, 0.25) is 0 Å². The fraction of sp³-hybridized carbons (Fsp3) is 0.429. The lowest BCUT2D eigenvalue weighted by atomic mass is 10.3. The third kappa shape index (κ3) is 4.29. The molecule has 0 unspecified atom stereocenters. The van der Waals surface area contributed by atoms with E-state index in [0.29, 0.717) is 23.9 Å². The average molecular weight is 306 g/mol. The van der Waals surface area contributed by atoms with Gasteiger partial charge in [0.15, 0.2) is 0 Å². The number of aryl methyl sites for hydroxylation is 1. The summed E-state index contributed by atoms with van der Waals surface area (Å²) in [5, 5.41) is 7.52. The van der Waals surface area contributed by atoms with Crippen molar-refractivity contribution in [1.82, 2.24) is 20.4 Å². The van der Waals surface area contributed by atoms with Crippen molar-refractivity contribution in [2.75, 3.05) is 5.75 Å². The molecule has 1 N–H and O–H groups in total. The fourth-order valence-electron chi connectivity index (χ4n) is 1.68. The number of aromatic nitrogens is 3. The van der Waals surface area contributed by atoms with Crippen LogP contribution < -0.4 is 5.32 Å². The minimum atomic E-state index is -0.0195. The van der Waals surface area contributed by atoms with Gasteiger partial charge in [0.05, 0.1) is 11.3 Å². The van der Waals surface area contributed by atoms with Gasteiger partial charge in [-0.1, -0.05) is 23.8 Å². The van der Waals surface area contributed by atoms with E-state index in [4.69, 9.17) is 4.52 Å². The van der Waals surface area contributed by atoms with Crippen LogP contribution in [0.3, 0.4) is 0 Å². The van der Waals surface area contributed by atoms with Gasteiger partial charge in [-0.05, 0) is 26.0 Å². The Balaban J connectivity index is 2.12. The highest BCUT2D eigenvalue weighted by atomic mass is 32.2. The van der Waals surface area contributed by atoms with E-state index in [0.717, 1.165) is 10.6 Å². The first-order valence-corrected chi connectivity index (χ1v) is 7.78. The van der Waals surface area contributed by atoms with Crippen molar-refractivity contribution in [3.63, 3.8) is 0 Å². The number of nitrogens with zero attached hydrogens (tertiary/aromatic N) is 3. The molecule has 112 valence electrons. The number of nitrogens with one attached hydrogen (secondary N) is 1. The van der Waals surface area contributed by atoms with Crippen LogP contribution in [0, 0.1) is 0 Å². The minimum Gasteiger partial charge on any atom is -0.353 e. The quantitative estimate of drug-likeness (QED) is 0.825. The van der Waals surface area contributed by atoms with Gasteiger partial charge in [0.25, 0.3) is 0 Å². The number of pyridine rings is 1. The molecule has 2 aromatic rings. The SMILES string of the molecule is CCc1nc(-c2cccnc2SCC(=O)NC(C)C)no1. The summed E-state index contributed by atoms with van der Waals surface area (Å²) in [6.45, 7) is 5.81. The maximum Gasteiger partial charge on any atom is 0.230 e. The number of carbonyl (C=O) groups excluding carboxylic acids is 1. The summed E-state index contributed by atoms with van der Waals surface area (Å²) in [5.74, 6) is 1.38. The summed E-state index contributed by atoms with van der Waals surface area (Å²) in [5.41, 5.74) is 0.781. The van der Waals surface area contributed by atoms with E-state index >= 15 is 0 Å². The van der Waals surface area contributed by atoms with Crippen LogP contribution in [0.5, 0.6) is 0 Å². The molecule has 0 aliphatic heterocycles. The molecule has 0 bridgehead atoms. The fourth-order valence-corrected chi connectivity index (χ4v) is 2.48. The van der Waals surface area contributed by atoms with E-state index in [9.17, 15) is 4.79 Å². The largest absolute Gasteiger partial charge is 0.353 e. The van der Waals surface area contributed by atoms with Crippen molar-refractivity contribution in [1.29, 1.82) is 0 Å².